The molecule has 3 rings (SSSR count). The summed E-state index contributed by atoms with van der Waals surface area (Å²) in [4.78, 5) is 4.73. The summed E-state index contributed by atoms with van der Waals surface area (Å²) in [5.74, 6) is 0. The molecule has 0 spiro atoms. The van der Waals surface area contributed by atoms with E-state index in [1.807, 2.05) is 11.3 Å². The van der Waals surface area contributed by atoms with E-state index in [9.17, 15) is 0 Å². The van der Waals surface area contributed by atoms with E-state index in [0.29, 0.717) is 5.41 Å². The lowest BCUT2D eigenvalue weighted by Gasteiger charge is -2.40. The fourth-order valence-electron chi connectivity index (χ4n) is 2.35. The Kier molecular flexibility index (Phi) is 2.76. The number of hydrogen-bond donors (Lipinski definition) is 0. The lowest BCUT2D eigenvalue weighted by Crippen LogP contribution is -2.33. The van der Waals surface area contributed by atoms with Crippen molar-refractivity contribution < 1.29 is 0 Å². The number of halogens is 1. The first-order chi connectivity index (χ1) is 7.81. The number of aromatic nitrogens is 1. The summed E-state index contributed by atoms with van der Waals surface area (Å²) in [7, 11) is 0. The van der Waals surface area contributed by atoms with Gasteiger partial charge < -0.3 is 0 Å². The molecule has 1 heterocycles. The van der Waals surface area contributed by atoms with Crippen LogP contribution in [0, 0.1) is 5.41 Å². The Morgan fingerprint density at radius 3 is 2.75 bits per heavy atom. The van der Waals surface area contributed by atoms with E-state index in [1.165, 1.54) is 29.0 Å². The maximum absolute atomic E-state index is 4.73. The van der Waals surface area contributed by atoms with Gasteiger partial charge in [-0.1, -0.05) is 34.5 Å². The molecule has 0 unspecified atom stereocenters. The summed E-state index contributed by atoms with van der Waals surface area (Å²) in [6.07, 6.45) is 5.25. The monoisotopic (exact) mass is 295 g/mol. The highest BCUT2D eigenvalue weighted by atomic mass is 79.9. The van der Waals surface area contributed by atoms with Crippen LogP contribution in [0.15, 0.2) is 24.3 Å². The van der Waals surface area contributed by atoms with E-state index < -0.39 is 0 Å². The van der Waals surface area contributed by atoms with Gasteiger partial charge in [0, 0.05) is 11.8 Å². The number of rotatable bonds is 3. The van der Waals surface area contributed by atoms with Crippen molar-refractivity contribution in [1.82, 2.24) is 4.98 Å². The lowest BCUT2D eigenvalue weighted by atomic mass is 9.68. The van der Waals surface area contributed by atoms with Crippen LogP contribution in [0.4, 0.5) is 0 Å². The molecule has 0 bridgehead atoms. The average molecular weight is 296 g/mol. The molecule has 2 aromatic rings. The van der Waals surface area contributed by atoms with Gasteiger partial charge in [-0.15, -0.1) is 11.3 Å². The number of fused-ring (bicyclic) bond motifs is 1. The predicted octanol–water partition coefficient (Wildman–Crippen LogP) is 4.40. The molecule has 0 amide bonds. The van der Waals surface area contributed by atoms with Crippen LogP contribution in [-0.4, -0.2) is 10.3 Å². The van der Waals surface area contributed by atoms with Crippen LogP contribution in [-0.2, 0) is 6.42 Å². The molecule has 1 aliphatic carbocycles. The van der Waals surface area contributed by atoms with Crippen molar-refractivity contribution in [1.29, 1.82) is 0 Å². The number of para-hydroxylation sites is 1. The van der Waals surface area contributed by atoms with Crippen molar-refractivity contribution in [3.05, 3.63) is 29.3 Å². The standard InChI is InChI=1S/C13H14BrNS/c14-9-13(6-3-7-13)8-12-15-10-4-1-2-5-11(10)16-12/h1-2,4-5H,3,6-9H2. The van der Waals surface area contributed by atoms with E-state index in [1.54, 1.807) is 0 Å². The van der Waals surface area contributed by atoms with E-state index in [0.717, 1.165) is 17.3 Å². The molecule has 1 nitrogen and oxygen atoms in total. The first-order valence-electron chi connectivity index (χ1n) is 5.72. The Morgan fingerprint density at radius 1 is 1.31 bits per heavy atom. The molecule has 1 fully saturated rings. The number of hydrogen-bond acceptors (Lipinski definition) is 2. The highest BCUT2D eigenvalue weighted by molar-refractivity contribution is 9.09. The minimum atomic E-state index is 0.508. The number of alkyl halides is 1. The second kappa shape index (κ2) is 4.11. The van der Waals surface area contributed by atoms with Crippen LogP contribution < -0.4 is 0 Å². The third-order valence-corrected chi connectivity index (χ3v) is 5.79. The molecule has 1 aliphatic rings. The molecule has 1 aromatic heterocycles. The molecule has 1 aromatic carbocycles. The Bertz CT molecular complexity index is 463. The molecule has 0 N–H and O–H groups in total. The Morgan fingerprint density at radius 2 is 2.12 bits per heavy atom. The van der Waals surface area contributed by atoms with Gasteiger partial charge in [-0.2, -0.15) is 0 Å². The van der Waals surface area contributed by atoms with Crippen molar-refractivity contribution in [2.75, 3.05) is 5.33 Å². The van der Waals surface area contributed by atoms with Crippen molar-refractivity contribution in [3.63, 3.8) is 0 Å². The van der Waals surface area contributed by atoms with Crippen LogP contribution in [0.25, 0.3) is 10.2 Å². The molecular weight excluding hydrogens is 282 g/mol. The summed E-state index contributed by atoms with van der Waals surface area (Å²) in [5.41, 5.74) is 1.67. The molecule has 0 saturated heterocycles. The molecule has 16 heavy (non-hydrogen) atoms. The molecule has 0 radical (unpaired) electrons. The summed E-state index contributed by atoms with van der Waals surface area (Å²) in [6, 6.07) is 8.43. The fourth-order valence-corrected chi connectivity index (χ4v) is 4.25. The zero-order valence-corrected chi connectivity index (χ0v) is 11.5. The molecule has 0 aliphatic heterocycles. The van der Waals surface area contributed by atoms with Gasteiger partial charge in [0.05, 0.1) is 15.2 Å². The maximum Gasteiger partial charge on any atom is 0.0944 e. The lowest BCUT2D eigenvalue weighted by molar-refractivity contribution is 0.170. The Hall–Kier alpha value is -0.410. The SMILES string of the molecule is BrCC1(Cc2nc3ccccc3s2)CCC1. The van der Waals surface area contributed by atoms with E-state index in [4.69, 9.17) is 4.98 Å². The van der Waals surface area contributed by atoms with Gasteiger partial charge >= 0.3 is 0 Å². The molecule has 84 valence electrons. The minimum absolute atomic E-state index is 0.508. The zero-order valence-electron chi connectivity index (χ0n) is 9.08. The van der Waals surface area contributed by atoms with Crippen LogP contribution in [0.1, 0.15) is 24.3 Å². The van der Waals surface area contributed by atoms with E-state index in [2.05, 4.69) is 40.2 Å². The van der Waals surface area contributed by atoms with Crippen molar-refractivity contribution in [2.45, 2.75) is 25.7 Å². The summed E-state index contributed by atoms with van der Waals surface area (Å²) < 4.78 is 1.32. The number of benzene rings is 1. The number of thiazole rings is 1. The third-order valence-electron chi connectivity index (χ3n) is 3.56. The zero-order chi connectivity index (χ0) is 11.0. The topological polar surface area (TPSA) is 12.9 Å². The first kappa shape index (κ1) is 10.7. The van der Waals surface area contributed by atoms with Crippen molar-refractivity contribution >= 4 is 37.5 Å². The van der Waals surface area contributed by atoms with E-state index >= 15 is 0 Å². The van der Waals surface area contributed by atoms with Gasteiger partial charge in [-0.05, 0) is 30.4 Å². The van der Waals surface area contributed by atoms with Gasteiger partial charge in [-0.3, -0.25) is 0 Å². The smallest absolute Gasteiger partial charge is 0.0944 e. The summed E-state index contributed by atoms with van der Waals surface area (Å²) in [6.45, 7) is 0. The number of nitrogens with zero attached hydrogens (tertiary/aromatic N) is 1. The summed E-state index contributed by atoms with van der Waals surface area (Å²) in [5, 5.41) is 2.43. The van der Waals surface area contributed by atoms with Gasteiger partial charge in [0.1, 0.15) is 0 Å². The Balaban J connectivity index is 1.89. The van der Waals surface area contributed by atoms with Crippen LogP contribution in [0.2, 0.25) is 0 Å². The fraction of sp³-hybridized carbons (Fsp3) is 0.462. The van der Waals surface area contributed by atoms with Crippen LogP contribution >= 0.6 is 27.3 Å². The highest BCUT2D eigenvalue weighted by Crippen LogP contribution is 2.45. The van der Waals surface area contributed by atoms with Crippen molar-refractivity contribution in [3.8, 4) is 0 Å². The van der Waals surface area contributed by atoms with Gasteiger partial charge in [-0.25, -0.2) is 4.98 Å². The van der Waals surface area contributed by atoms with E-state index in [-0.39, 0.29) is 0 Å². The predicted molar refractivity (Wildman–Crippen MR) is 73.4 cm³/mol. The van der Waals surface area contributed by atoms with Crippen molar-refractivity contribution in [2.24, 2.45) is 5.41 Å². The normalized spacial score (nSPS) is 18.6. The molecular formula is C13H14BrNS. The average Bonchev–Trinajstić information content (AvgIpc) is 2.65. The molecule has 3 heteroatoms. The van der Waals surface area contributed by atoms with Gasteiger partial charge in [0.2, 0.25) is 0 Å². The Labute approximate surface area is 108 Å². The largest absolute Gasteiger partial charge is 0.241 e. The quantitative estimate of drug-likeness (QED) is 0.765. The van der Waals surface area contributed by atoms with Gasteiger partial charge in [0.25, 0.3) is 0 Å². The highest BCUT2D eigenvalue weighted by Gasteiger charge is 2.36. The summed E-state index contributed by atoms with van der Waals surface area (Å²) >= 11 is 5.52. The second-order valence-electron chi connectivity index (χ2n) is 4.74. The maximum atomic E-state index is 4.73. The van der Waals surface area contributed by atoms with Gasteiger partial charge in [0.15, 0.2) is 0 Å². The first-order valence-corrected chi connectivity index (χ1v) is 7.66. The third kappa shape index (κ3) is 1.80. The minimum Gasteiger partial charge on any atom is -0.241 e. The second-order valence-corrected chi connectivity index (χ2v) is 6.42. The van der Waals surface area contributed by atoms with Crippen LogP contribution in [0.5, 0.6) is 0 Å². The van der Waals surface area contributed by atoms with Crippen LogP contribution in [0.3, 0.4) is 0 Å². The molecule has 1 saturated carbocycles. The molecule has 0 atom stereocenters.